The van der Waals surface area contributed by atoms with E-state index in [-0.39, 0.29) is 17.6 Å². The molecule has 0 fully saturated rings. The summed E-state index contributed by atoms with van der Waals surface area (Å²) < 4.78 is 34.0. The summed E-state index contributed by atoms with van der Waals surface area (Å²) in [6, 6.07) is 4.80. The molecule has 2 rings (SSSR count). The number of ether oxygens (including phenoxy) is 1. The molecule has 1 aromatic carbocycles. The molecule has 0 spiro atoms. The number of benzene rings is 1. The Morgan fingerprint density at radius 3 is 2.94 bits per heavy atom. The van der Waals surface area contributed by atoms with Crippen molar-refractivity contribution in [3.05, 3.63) is 18.2 Å². The number of hydrogen-bond donors (Lipinski definition) is 1. The van der Waals surface area contributed by atoms with Gasteiger partial charge in [0.15, 0.2) is 5.58 Å². The lowest BCUT2D eigenvalue weighted by molar-refractivity contribution is 0.163. The smallest absolute Gasteiger partial charge is 0.316 e. The first kappa shape index (κ1) is 12.8. The van der Waals surface area contributed by atoms with Gasteiger partial charge in [-0.05, 0) is 25.1 Å². The van der Waals surface area contributed by atoms with Crippen LogP contribution in [0.5, 0.6) is 0 Å². The molecule has 0 radical (unpaired) electrons. The Morgan fingerprint density at radius 1 is 1.44 bits per heavy atom. The second-order valence-electron chi connectivity index (χ2n) is 3.72. The lowest BCUT2D eigenvalue weighted by Gasteiger charge is -1.99. The van der Waals surface area contributed by atoms with Crippen LogP contribution in [0, 0.1) is 0 Å². The minimum atomic E-state index is -3.55. The summed E-state index contributed by atoms with van der Waals surface area (Å²) in [5.74, 6) is -0.150. The van der Waals surface area contributed by atoms with Crippen LogP contribution in [0.15, 0.2) is 27.8 Å². The molecule has 0 aliphatic heterocycles. The minimum absolute atomic E-state index is 0.125. The molecular formula is C11H14N2O4S. The van der Waals surface area contributed by atoms with Gasteiger partial charge in [0.1, 0.15) is 5.52 Å². The SMILES string of the molecule is CCOCCS(=O)(=O)c1nc2cc(N)ccc2o1. The van der Waals surface area contributed by atoms with Crippen molar-refractivity contribution in [3.8, 4) is 0 Å². The van der Waals surface area contributed by atoms with Gasteiger partial charge in [-0.1, -0.05) is 0 Å². The zero-order valence-electron chi connectivity index (χ0n) is 9.92. The number of aromatic nitrogens is 1. The van der Waals surface area contributed by atoms with Gasteiger partial charge in [-0.2, -0.15) is 4.98 Å². The Kier molecular flexibility index (Phi) is 3.53. The first-order valence-corrected chi connectivity index (χ1v) is 7.15. The normalized spacial score (nSPS) is 12.1. The van der Waals surface area contributed by atoms with E-state index >= 15 is 0 Å². The van der Waals surface area contributed by atoms with E-state index in [0.717, 1.165) is 0 Å². The zero-order chi connectivity index (χ0) is 13.2. The standard InChI is InChI=1S/C11H14N2O4S/c1-2-16-5-6-18(14,15)11-13-9-7-8(12)3-4-10(9)17-11/h3-4,7H,2,5-6,12H2,1H3. The van der Waals surface area contributed by atoms with Gasteiger partial charge in [-0.15, -0.1) is 0 Å². The fraction of sp³-hybridized carbons (Fsp3) is 0.364. The molecule has 2 aromatic rings. The molecule has 0 unspecified atom stereocenters. The fourth-order valence-electron chi connectivity index (χ4n) is 1.46. The molecule has 0 aliphatic carbocycles. The van der Waals surface area contributed by atoms with Gasteiger partial charge in [-0.3, -0.25) is 0 Å². The van der Waals surface area contributed by atoms with Crippen molar-refractivity contribution in [2.24, 2.45) is 0 Å². The first-order valence-electron chi connectivity index (χ1n) is 5.49. The summed E-state index contributed by atoms with van der Waals surface area (Å²) in [6.07, 6.45) is 0. The van der Waals surface area contributed by atoms with Crippen molar-refractivity contribution >= 4 is 26.6 Å². The van der Waals surface area contributed by atoms with Gasteiger partial charge in [-0.25, -0.2) is 8.42 Å². The van der Waals surface area contributed by atoms with E-state index in [1.807, 2.05) is 0 Å². The molecule has 98 valence electrons. The average Bonchev–Trinajstić information content (AvgIpc) is 2.72. The minimum Gasteiger partial charge on any atom is -0.428 e. The Balaban J connectivity index is 2.30. The maximum Gasteiger partial charge on any atom is 0.316 e. The van der Waals surface area contributed by atoms with Crippen molar-refractivity contribution < 1.29 is 17.6 Å². The second kappa shape index (κ2) is 4.95. The van der Waals surface area contributed by atoms with Crippen LogP contribution in [0.3, 0.4) is 0 Å². The van der Waals surface area contributed by atoms with Crippen LogP contribution in [-0.2, 0) is 14.6 Å². The lowest BCUT2D eigenvalue weighted by Crippen LogP contribution is -2.12. The molecule has 1 aromatic heterocycles. The number of nitrogen functional groups attached to an aromatic ring is 1. The fourth-order valence-corrected chi connectivity index (χ4v) is 2.42. The van der Waals surface area contributed by atoms with Crippen molar-refractivity contribution in [3.63, 3.8) is 0 Å². The van der Waals surface area contributed by atoms with Gasteiger partial charge >= 0.3 is 5.22 Å². The van der Waals surface area contributed by atoms with Crippen LogP contribution < -0.4 is 5.73 Å². The van der Waals surface area contributed by atoms with E-state index in [1.54, 1.807) is 25.1 Å². The van der Waals surface area contributed by atoms with Crippen LogP contribution in [0.4, 0.5) is 5.69 Å². The number of anilines is 1. The Hall–Kier alpha value is -1.60. The highest BCUT2D eigenvalue weighted by Gasteiger charge is 2.21. The molecule has 0 bridgehead atoms. The van der Waals surface area contributed by atoms with Gasteiger partial charge in [0, 0.05) is 12.3 Å². The summed E-state index contributed by atoms with van der Waals surface area (Å²) in [4.78, 5) is 3.93. The summed E-state index contributed by atoms with van der Waals surface area (Å²) in [5.41, 5.74) is 6.93. The van der Waals surface area contributed by atoms with E-state index < -0.39 is 9.84 Å². The highest BCUT2D eigenvalue weighted by atomic mass is 32.2. The third-order valence-electron chi connectivity index (χ3n) is 2.36. The molecule has 7 heteroatoms. The van der Waals surface area contributed by atoms with Crippen molar-refractivity contribution in [1.29, 1.82) is 0 Å². The summed E-state index contributed by atoms with van der Waals surface area (Å²) in [6.45, 7) is 2.40. The number of nitrogens with two attached hydrogens (primary N) is 1. The number of hydrogen-bond acceptors (Lipinski definition) is 6. The highest BCUT2D eigenvalue weighted by molar-refractivity contribution is 7.91. The molecular weight excluding hydrogens is 256 g/mol. The van der Waals surface area contributed by atoms with Gasteiger partial charge in [0.25, 0.3) is 0 Å². The van der Waals surface area contributed by atoms with E-state index in [1.165, 1.54) is 0 Å². The van der Waals surface area contributed by atoms with Crippen LogP contribution >= 0.6 is 0 Å². The van der Waals surface area contributed by atoms with E-state index in [2.05, 4.69) is 4.98 Å². The zero-order valence-corrected chi connectivity index (χ0v) is 10.7. The van der Waals surface area contributed by atoms with Crippen molar-refractivity contribution in [2.75, 3.05) is 24.7 Å². The van der Waals surface area contributed by atoms with Crippen LogP contribution in [0.1, 0.15) is 6.92 Å². The predicted octanol–water partition coefficient (Wildman–Crippen LogP) is 1.22. The highest BCUT2D eigenvalue weighted by Crippen LogP contribution is 2.21. The molecule has 2 N–H and O–H groups in total. The lowest BCUT2D eigenvalue weighted by atomic mass is 10.3. The van der Waals surface area contributed by atoms with E-state index in [0.29, 0.717) is 23.4 Å². The predicted molar refractivity (Wildman–Crippen MR) is 67.0 cm³/mol. The second-order valence-corrected chi connectivity index (χ2v) is 5.71. The van der Waals surface area contributed by atoms with Crippen LogP contribution in [0.25, 0.3) is 11.1 Å². The summed E-state index contributed by atoms with van der Waals surface area (Å²) >= 11 is 0. The maximum atomic E-state index is 11.9. The van der Waals surface area contributed by atoms with Gasteiger partial charge < -0.3 is 14.9 Å². The number of rotatable bonds is 5. The molecule has 0 saturated heterocycles. The first-order chi connectivity index (χ1) is 8.53. The number of nitrogens with zero attached hydrogens (tertiary/aromatic N) is 1. The topological polar surface area (TPSA) is 95.4 Å². The molecule has 0 saturated carbocycles. The van der Waals surface area contributed by atoms with E-state index in [9.17, 15) is 8.42 Å². The third kappa shape index (κ3) is 2.62. The summed E-state index contributed by atoms with van der Waals surface area (Å²) in [5, 5.41) is -0.289. The molecule has 18 heavy (non-hydrogen) atoms. The number of fused-ring (bicyclic) bond motifs is 1. The van der Waals surface area contributed by atoms with Crippen molar-refractivity contribution in [1.82, 2.24) is 4.98 Å². The molecule has 1 heterocycles. The van der Waals surface area contributed by atoms with Crippen molar-refractivity contribution in [2.45, 2.75) is 12.1 Å². The monoisotopic (exact) mass is 270 g/mol. The Morgan fingerprint density at radius 2 is 2.22 bits per heavy atom. The molecule has 0 amide bonds. The number of oxazole rings is 1. The summed E-state index contributed by atoms with van der Waals surface area (Å²) in [7, 11) is -3.55. The van der Waals surface area contributed by atoms with Gasteiger partial charge in [0.05, 0.1) is 12.4 Å². The molecule has 0 atom stereocenters. The largest absolute Gasteiger partial charge is 0.428 e. The Bertz CT molecular complexity index is 648. The van der Waals surface area contributed by atoms with Gasteiger partial charge in [0.2, 0.25) is 9.84 Å². The average molecular weight is 270 g/mol. The van der Waals surface area contributed by atoms with Crippen LogP contribution in [-0.4, -0.2) is 32.4 Å². The maximum absolute atomic E-state index is 11.9. The Labute approximate surface area is 105 Å². The molecule has 6 nitrogen and oxygen atoms in total. The number of sulfone groups is 1. The third-order valence-corrected chi connectivity index (χ3v) is 3.77. The quantitative estimate of drug-likeness (QED) is 0.648. The van der Waals surface area contributed by atoms with Crippen LogP contribution in [0.2, 0.25) is 0 Å². The molecule has 0 aliphatic rings. The van der Waals surface area contributed by atoms with E-state index in [4.69, 9.17) is 14.9 Å².